The minimum absolute atomic E-state index is 0.522. The van der Waals surface area contributed by atoms with Gasteiger partial charge in [0.1, 0.15) is 0 Å². The number of nitrogens with one attached hydrogen (secondary N) is 1. The number of nitrogens with zero attached hydrogens (tertiary/aromatic N) is 4. The fourth-order valence-electron chi connectivity index (χ4n) is 2.30. The molecule has 1 aromatic heterocycles. The Hall–Kier alpha value is -2.43. The maximum atomic E-state index is 4.28. The molecule has 0 unspecified atom stereocenters. The minimum Gasteiger partial charge on any atom is -0.372 e. The van der Waals surface area contributed by atoms with Crippen molar-refractivity contribution in [1.29, 1.82) is 0 Å². The Balaban J connectivity index is 2.01. The highest BCUT2D eigenvalue weighted by Gasteiger charge is 2.00. The summed E-state index contributed by atoms with van der Waals surface area (Å²) in [7, 11) is 0. The molecule has 1 N–H and O–H groups in total. The maximum absolute atomic E-state index is 4.28. The van der Waals surface area contributed by atoms with Crippen molar-refractivity contribution in [3.8, 4) is 0 Å². The van der Waals surface area contributed by atoms with E-state index < -0.39 is 0 Å². The molecule has 2 aromatic rings. The van der Waals surface area contributed by atoms with Crippen molar-refractivity contribution in [3.63, 3.8) is 0 Å². The zero-order valence-corrected chi connectivity index (χ0v) is 13.7. The Kier molecular flexibility index (Phi) is 5.47. The molecule has 0 atom stereocenters. The number of aryl methyl sites for hydroxylation is 2. The maximum Gasteiger partial charge on any atom is 0.243 e. The number of hydrazone groups is 1. The van der Waals surface area contributed by atoms with Crippen LogP contribution >= 0.6 is 0 Å². The van der Waals surface area contributed by atoms with Gasteiger partial charge in [-0.05, 0) is 51.5 Å². The molecule has 2 rings (SSSR count). The number of benzene rings is 1. The van der Waals surface area contributed by atoms with E-state index in [0.29, 0.717) is 5.95 Å². The molecule has 0 aliphatic heterocycles. The van der Waals surface area contributed by atoms with Crippen LogP contribution in [0.3, 0.4) is 0 Å². The van der Waals surface area contributed by atoms with Crippen molar-refractivity contribution in [2.75, 3.05) is 23.4 Å². The number of rotatable bonds is 6. The second-order valence-corrected chi connectivity index (χ2v) is 5.11. The summed E-state index contributed by atoms with van der Waals surface area (Å²) in [4.78, 5) is 10.9. The molecule has 0 saturated heterocycles. The molecule has 0 saturated carbocycles. The van der Waals surface area contributed by atoms with Crippen molar-refractivity contribution in [3.05, 3.63) is 47.3 Å². The lowest BCUT2D eigenvalue weighted by atomic mass is 10.2. The van der Waals surface area contributed by atoms with E-state index in [1.54, 1.807) is 6.21 Å². The monoisotopic (exact) mass is 297 g/mol. The van der Waals surface area contributed by atoms with Crippen molar-refractivity contribution in [2.45, 2.75) is 27.7 Å². The number of hydrogen-bond acceptors (Lipinski definition) is 5. The molecule has 116 valence electrons. The summed E-state index contributed by atoms with van der Waals surface area (Å²) in [5.74, 6) is 0.522. The summed E-state index contributed by atoms with van der Waals surface area (Å²) in [6, 6.07) is 10.3. The third-order valence-corrected chi connectivity index (χ3v) is 3.38. The van der Waals surface area contributed by atoms with Gasteiger partial charge >= 0.3 is 0 Å². The highest BCUT2D eigenvalue weighted by Crippen LogP contribution is 2.14. The number of aromatic nitrogens is 2. The van der Waals surface area contributed by atoms with Crippen LogP contribution in [-0.2, 0) is 0 Å². The van der Waals surface area contributed by atoms with Crippen LogP contribution in [0.2, 0.25) is 0 Å². The van der Waals surface area contributed by atoms with Crippen LogP contribution in [-0.4, -0.2) is 29.3 Å². The van der Waals surface area contributed by atoms with E-state index in [1.807, 2.05) is 19.9 Å². The topological polar surface area (TPSA) is 53.4 Å². The van der Waals surface area contributed by atoms with Crippen LogP contribution in [0.15, 0.2) is 35.4 Å². The molecular formula is C17H23N5. The van der Waals surface area contributed by atoms with Gasteiger partial charge < -0.3 is 4.90 Å². The molecule has 0 radical (unpaired) electrons. The average molecular weight is 297 g/mol. The first-order valence-electron chi connectivity index (χ1n) is 7.58. The van der Waals surface area contributed by atoms with Gasteiger partial charge in [0.15, 0.2) is 0 Å². The van der Waals surface area contributed by atoms with E-state index in [4.69, 9.17) is 0 Å². The second kappa shape index (κ2) is 7.54. The van der Waals surface area contributed by atoms with Gasteiger partial charge in [0.2, 0.25) is 5.95 Å². The van der Waals surface area contributed by atoms with Crippen molar-refractivity contribution in [1.82, 2.24) is 9.97 Å². The predicted octanol–water partition coefficient (Wildman–Crippen LogP) is 3.39. The summed E-state index contributed by atoms with van der Waals surface area (Å²) < 4.78 is 0. The zero-order valence-electron chi connectivity index (χ0n) is 13.7. The van der Waals surface area contributed by atoms with Crippen LogP contribution in [0.4, 0.5) is 11.6 Å². The van der Waals surface area contributed by atoms with Crippen LogP contribution in [0, 0.1) is 13.8 Å². The van der Waals surface area contributed by atoms with Crippen molar-refractivity contribution >= 4 is 17.9 Å². The van der Waals surface area contributed by atoms with E-state index in [0.717, 1.165) is 30.0 Å². The van der Waals surface area contributed by atoms with Gasteiger partial charge in [-0.1, -0.05) is 12.1 Å². The van der Waals surface area contributed by atoms with Crippen LogP contribution in [0.5, 0.6) is 0 Å². The van der Waals surface area contributed by atoms with Crippen LogP contribution < -0.4 is 10.3 Å². The molecule has 5 nitrogen and oxygen atoms in total. The van der Waals surface area contributed by atoms with E-state index in [2.05, 4.69) is 63.5 Å². The quantitative estimate of drug-likeness (QED) is 0.656. The Morgan fingerprint density at radius 2 is 1.64 bits per heavy atom. The number of anilines is 2. The molecule has 22 heavy (non-hydrogen) atoms. The lowest BCUT2D eigenvalue weighted by molar-refractivity contribution is 0.866. The smallest absolute Gasteiger partial charge is 0.243 e. The predicted molar refractivity (Wildman–Crippen MR) is 92.7 cm³/mol. The Morgan fingerprint density at radius 3 is 2.18 bits per heavy atom. The van der Waals surface area contributed by atoms with Gasteiger partial charge in [0.25, 0.3) is 0 Å². The van der Waals surface area contributed by atoms with Gasteiger partial charge in [-0.15, -0.1) is 0 Å². The first kappa shape index (κ1) is 15.9. The van der Waals surface area contributed by atoms with Crippen LogP contribution in [0.25, 0.3) is 0 Å². The SMILES string of the molecule is CCN(CC)c1ccc(C=NNc2nc(C)cc(C)n2)cc1. The third-order valence-electron chi connectivity index (χ3n) is 3.38. The fourth-order valence-corrected chi connectivity index (χ4v) is 2.30. The Labute approximate surface area is 132 Å². The molecule has 1 heterocycles. The Morgan fingerprint density at radius 1 is 1.05 bits per heavy atom. The summed E-state index contributed by atoms with van der Waals surface area (Å²) in [6.07, 6.45) is 1.77. The molecule has 0 fully saturated rings. The van der Waals surface area contributed by atoms with Crippen molar-refractivity contribution < 1.29 is 0 Å². The Bertz CT molecular complexity index is 610. The van der Waals surface area contributed by atoms with Gasteiger partial charge in [-0.25, -0.2) is 15.4 Å². The molecule has 5 heteroatoms. The first-order valence-corrected chi connectivity index (χ1v) is 7.58. The van der Waals surface area contributed by atoms with E-state index in [-0.39, 0.29) is 0 Å². The highest BCUT2D eigenvalue weighted by molar-refractivity contribution is 5.80. The van der Waals surface area contributed by atoms with Gasteiger partial charge in [0, 0.05) is 30.2 Å². The first-order chi connectivity index (χ1) is 10.6. The summed E-state index contributed by atoms with van der Waals surface area (Å²) in [5.41, 5.74) is 6.99. The number of hydrogen-bond donors (Lipinski definition) is 1. The zero-order chi connectivity index (χ0) is 15.9. The van der Waals surface area contributed by atoms with Crippen molar-refractivity contribution in [2.24, 2.45) is 5.10 Å². The molecule has 0 aliphatic rings. The molecular weight excluding hydrogens is 274 g/mol. The lowest BCUT2D eigenvalue weighted by Gasteiger charge is -2.20. The molecule has 0 amide bonds. The summed E-state index contributed by atoms with van der Waals surface area (Å²) in [6.45, 7) is 10.2. The molecule has 0 bridgehead atoms. The van der Waals surface area contributed by atoms with E-state index in [1.165, 1.54) is 5.69 Å². The normalized spacial score (nSPS) is 10.9. The highest BCUT2D eigenvalue weighted by atomic mass is 15.3. The second-order valence-electron chi connectivity index (χ2n) is 5.11. The average Bonchev–Trinajstić information content (AvgIpc) is 2.49. The molecule has 0 aliphatic carbocycles. The third kappa shape index (κ3) is 4.28. The molecule has 0 spiro atoms. The lowest BCUT2D eigenvalue weighted by Crippen LogP contribution is -2.21. The summed E-state index contributed by atoms with van der Waals surface area (Å²) in [5, 5.41) is 4.20. The molecule has 1 aromatic carbocycles. The largest absolute Gasteiger partial charge is 0.372 e. The van der Waals surface area contributed by atoms with Gasteiger partial charge in [-0.2, -0.15) is 5.10 Å². The van der Waals surface area contributed by atoms with Gasteiger partial charge in [0.05, 0.1) is 6.21 Å². The van der Waals surface area contributed by atoms with Gasteiger partial charge in [-0.3, -0.25) is 0 Å². The van der Waals surface area contributed by atoms with E-state index in [9.17, 15) is 0 Å². The fraction of sp³-hybridized carbons (Fsp3) is 0.353. The summed E-state index contributed by atoms with van der Waals surface area (Å²) >= 11 is 0. The standard InChI is InChI=1S/C17H23N5/c1-5-22(6-2)16-9-7-15(8-10-16)12-18-21-17-19-13(3)11-14(4)20-17/h7-12H,5-6H2,1-4H3,(H,19,20,21). The van der Waals surface area contributed by atoms with Crippen LogP contribution in [0.1, 0.15) is 30.8 Å². The van der Waals surface area contributed by atoms with E-state index >= 15 is 0 Å². The minimum atomic E-state index is 0.522.